The third kappa shape index (κ3) is 4.95. The molecule has 1 amide bonds. The molecule has 5 nitrogen and oxygen atoms in total. The predicted octanol–water partition coefficient (Wildman–Crippen LogP) is 2.43. The van der Waals surface area contributed by atoms with Crippen molar-refractivity contribution in [3.63, 3.8) is 0 Å². The van der Waals surface area contributed by atoms with Crippen LogP contribution in [0, 0.1) is 0 Å². The minimum Gasteiger partial charge on any atom is -0.508 e. The summed E-state index contributed by atoms with van der Waals surface area (Å²) in [5.74, 6) is 0.362. The summed E-state index contributed by atoms with van der Waals surface area (Å²) < 4.78 is 5.73. The number of ether oxygens (including phenoxy) is 1. The maximum atomic E-state index is 12.4. The first-order chi connectivity index (χ1) is 11.7. The molecule has 132 valence electrons. The van der Waals surface area contributed by atoms with Crippen LogP contribution in [0.3, 0.4) is 0 Å². The Kier molecular flexibility index (Phi) is 6.10. The maximum Gasteiger partial charge on any atom is 0.234 e. The van der Waals surface area contributed by atoms with E-state index in [1.807, 2.05) is 18.2 Å². The first kappa shape index (κ1) is 17.2. The van der Waals surface area contributed by atoms with Gasteiger partial charge in [-0.1, -0.05) is 31.0 Å². The van der Waals surface area contributed by atoms with Gasteiger partial charge in [0.1, 0.15) is 5.75 Å². The molecule has 1 aromatic rings. The van der Waals surface area contributed by atoms with Crippen molar-refractivity contribution in [3.8, 4) is 5.75 Å². The summed E-state index contributed by atoms with van der Waals surface area (Å²) in [6.45, 7) is 2.45. The lowest BCUT2D eigenvalue weighted by molar-refractivity contribution is -0.123. The molecule has 3 rings (SSSR count). The average molecular weight is 332 g/mol. The number of aromatic hydroxyl groups is 1. The molecule has 1 unspecified atom stereocenters. The van der Waals surface area contributed by atoms with Crippen molar-refractivity contribution in [2.75, 3.05) is 19.7 Å². The zero-order valence-electron chi connectivity index (χ0n) is 14.2. The number of phenols is 1. The van der Waals surface area contributed by atoms with Crippen LogP contribution in [0.1, 0.15) is 44.1 Å². The Balaban J connectivity index is 1.59. The van der Waals surface area contributed by atoms with Gasteiger partial charge in [-0.3, -0.25) is 9.69 Å². The minimum atomic E-state index is 0.0790. The molecule has 2 fully saturated rings. The van der Waals surface area contributed by atoms with Gasteiger partial charge in [0, 0.05) is 31.3 Å². The third-order valence-electron chi connectivity index (χ3n) is 4.96. The Morgan fingerprint density at radius 2 is 2.00 bits per heavy atom. The molecule has 1 saturated heterocycles. The molecule has 2 N–H and O–H groups in total. The summed E-state index contributed by atoms with van der Waals surface area (Å²) in [5, 5.41) is 13.2. The Morgan fingerprint density at radius 3 is 2.71 bits per heavy atom. The van der Waals surface area contributed by atoms with E-state index in [2.05, 4.69) is 10.2 Å². The fourth-order valence-corrected chi connectivity index (χ4v) is 3.69. The molecule has 1 aliphatic heterocycles. The minimum absolute atomic E-state index is 0.0790. The summed E-state index contributed by atoms with van der Waals surface area (Å²) in [5.41, 5.74) is 0.851. The van der Waals surface area contributed by atoms with Gasteiger partial charge in [-0.25, -0.2) is 0 Å². The second-order valence-corrected chi connectivity index (χ2v) is 6.98. The lowest BCUT2D eigenvalue weighted by atomic mass is 10.1. The molecule has 1 saturated carbocycles. The number of nitrogens with zero attached hydrogens (tertiary/aromatic N) is 1. The van der Waals surface area contributed by atoms with Gasteiger partial charge in [-0.2, -0.15) is 0 Å². The van der Waals surface area contributed by atoms with Crippen molar-refractivity contribution in [1.29, 1.82) is 0 Å². The second kappa shape index (κ2) is 8.49. The van der Waals surface area contributed by atoms with Gasteiger partial charge in [0.2, 0.25) is 5.91 Å². The zero-order valence-corrected chi connectivity index (χ0v) is 14.2. The standard InChI is InChI=1S/C19H28N2O3/c22-18-10-4-1-6-15(18)12-21(13-17-9-5-11-24-17)14-19(23)20-16-7-2-3-8-16/h1,4,6,10,16-17,22H,2-3,5,7-9,11-14H2,(H,20,23). The SMILES string of the molecule is O=C(CN(Cc1ccccc1O)CC1CCCO1)NC1CCCC1. The molecule has 2 aliphatic rings. The van der Waals surface area contributed by atoms with E-state index >= 15 is 0 Å². The van der Waals surface area contributed by atoms with Crippen molar-refractivity contribution in [1.82, 2.24) is 10.2 Å². The van der Waals surface area contributed by atoms with E-state index in [0.717, 1.165) is 44.4 Å². The van der Waals surface area contributed by atoms with Gasteiger partial charge < -0.3 is 15.2 Å². The summed E-state index contributed by atoms with van der Waals surface area (Å²) in [6, 6.07) is 7.67. The fraction of sp³-hybridized carbons (Fsp3) is 0.632. The largest absolute Gasteiger partial charge is 0.508 e. The highest BCUT2D eigenvalue weighted by atomic mass is 16.5. The number of carbonyl (C=O) groups is 1. The van der Waals surface area contributed by atoms with Gasteiger partial charge in [-0.05, 0) is 31.7 Å². The lowest BCUT2D eigenvalue weighted by Gasteiger charge is -2.25. The summed E-state index contributed by atoms with van der Waals surface area (Å²) in [4.78, 5) is 14.5. The molecule has 1 aliphatic carbocycles. The molecular formula is C19H28N2O3. The Bertz CT molecular complexity index is 537. The van der Waals surface area contributed by atoms with Crippen molar-refractivity contribution in [2.45, 2.75) is 57.2 Å². The second-order valence-electron chi connectivity index (χ2n) is 6.98. The number of carbonyl (C=O) groups excluding carboxylic acids is 1. The summed E-state index contributed by atoms with van der Waals surface area (Å²) >= 11 is 0. The Morgan fingerprint density at radius 1 is 1.21 bits per heavy atom. The molecule has 1 atom stereocenters. The molecule has 24 heavy (non-hydrogen) atoms. The Hall–Kier alpha value is -1.59. The van der Waals surface area contributed by atoms with Gasteiger partial charge in [0.05, 0.1) is 12.6 Å². The molecule has 0 bridgehead atoms. The van der Waals surface area contributed by atoms with Crippen LogP contribution in [-0.2, 0) is 16.1 Å². The number of nitrogens with one attached hydrogen (secondary N) is 1. The molecule has 0 radical (unpaired) electrons. The fourth-order valence-electron chi connectivity index (χ4n) is 3.69. The van der Waals surface area contributed by atoms with Crippen LogP contribution in [0.15, 0.2) is 24.3 Å². The smallest absolute Gasteiger partial charge is 0.234 e. The molecule has 0 spiro atoms. The van der Waals surface area contributed by atoms with E-state index in [4.69, 9.17) is 4.74 Å². The highest BCUT2D eigenvalue weighted by Gasteiger charge is 2.23. The molecule has 0 aromatic heterocycles. The highest BCUT2D eigenvalue weighted by molar-refractivity contribution is 5.78. The predicted molar refractivity (Wildman–Crippen MR) is 92.8 cm³/mol. The van der Waals surface area contributed by atoms with E-state index in [1.165, 1.54) is 12.8 Å². The molecule has 1 heterocycles. The van der Waals surface area contributed by atoms with Gasteiger partial charge in [0.25, 0.3) is 0 Å². The summed E-state index contributed by atoms with van der Waals surface area (Å²) in [6.07, 6.45) is 6.93. The highest BCUT2D eigenvalue weighted by Crippen LogP contribution is 2.21. The first-order valence-electron chi connectivity index (χ1n) is 9.11. The van der Waals surface area contributed by atoms with Crippen molar-refractivity contribution in [2.24, 2.45) is 0 Å². The number of benzene rings is 1. The van der Waals surface area contributed by atoms with E-state index in [0.29, 0.717) is 19.1 Å². The number of hydrogen-bond acceptors (Lipinski definition) is 4. The zero-order chi connectivity index (χ0) is 16.8. The Labute approximate surface area is 144 Å². The van der Waals surface area contributed by atoms with Crippen LogP contribution >= 0.6 is 0 Å². The van der Waals surface area contributed by atoms with Gasteiger partial charge >= 0.3 is 0 Å². The number of amides is 1. The van der Waals surface area contributed by atoms with Crippen LogP contribution in [0.4, 0.5) is 0 Å². The average Bonchev–Trinajstić information content (AvgIpc) is 3.23. The van der Waals surface area contributed by atoms with Gasteiger partial charge in [0.15, 0.2) is 0 Å². The van der Waals surface area contributed by atoms with Crippen molar-refractivity contribution in [3.05, 3.63) is 29.8 Å². The normalized spacial score (nSPS) is 21.5. The van der Waals surface area contributed by atoms with Crippen LogP contribution in [0.2, 0.25) is 0 Å². The van der Waals surface area contributed by atoms with E-state index in [9.17, 15) is 9.90 Å². The first-order valence-corrected chi connectivity index (χ1v) is 9.11. The molecular weight excluding hydrogens is 304 g/mol. The van der Waals surface area contributed by atoms with Crippen LogP contribution in [-0.4, -0.2) is 47.8 Å². The lowest BCUT2D eigenvalue weighted by Crippen LogP contribution is -2.43. The number of hydrogen-bond donors (Lipinski definition) is 2. The monoisotopic (exact) mass is 332 g/mol. The molecule has 5 heteroatoms. The topological polar surface area (TPSA) is 61.8 Å². The van der Waals surface area contributed by atoms with E-state index in [-0.39, 0.29) is 17.8 Å². The quantitative estimate of drug-likeness (QED) is 0.805. The third-order valence-corrected chi connectivity index (χ3v) is 4.96. The van der Waals surface area contributed by atoms with Crippen LogP contribution in [0.5, 0.6) is 5.75 Å². The van der Waals surface area contributed by atoms with E-state index < -0.39 is 0 Å². The summed E-state index contributed by atoms with van der Waals surface area (Å²) in [7, 11) is 0. The molecule has 1 aromatic carbocycles. The van der Waals surface area contributed by atoms with Gasteiger partial charge in [-0.15, -0.1) is 0 Å². The number of para-hydroxylation sites is 1. The number of rotatable bonds is 7. The maximum absolute atomic E-state index is 12.4. The van der Waals surface area contributed by atoms with Crippen LogP contribution < -0.4 is 5.32 Å². The van der Waals surface area contributed by atoms with Crippen molar-refractivity contribution >= 4 is 5.91 Å². The van der Waals surface area contributed by atoms with Crippen molar-refractivity contribution < 1.29 is 14.6 Å². The number of phenolic OH excluding ortho intramolecular Hbond substituents is 1. The van der Waals surface area contributed by atoms with E-state index in [1.54, 1.807) is 6.07 Å². The van der Waals surface area contributed by atoms with Crippen LogP contribution in [0.25, 0.3) is 0 Å².